The Morgan fingerprint density at radius 1 is 1.17 bits per heavy atom. The van der Waals surface area contributed by atoms with Gasteiger partial charge in [-0.1, -0.05) is 34.1 Å². The van der Waals surface area contributed by atoms with Crippen molar-refractivity contribution >= 4 is 0 Å². The fourth-order valence-electron chi connectivity index (χ4n) is 5.25. The molecule has 2 aliphatic rings. The van der Waals surface area contributed by atoms with Crippen molar-refractivity contribution in [2.45, 2.75) is 65.9 Å². The van der Waals surface area contributed by atoms with Gasteiger partial charge in [-0.05, 0) is 54.3 Å². The zero-order valence-corrected chi connectivity index (χ0v) is 12.4. The van der Waals surface area contributed by atoms with Crippen LogP contribution in [0.15, 0.2) is 0 Å². The normalized spacial score (nSPS) is 47.7. The van der Waals surface area contributed by atoms with E-state index in [-0.39, 0.29) is 12.7 Å². The summed E-state index contributed by atoms with van der Waals surface area (Å²) in [4.78, 5) is 0. The van der Waals surface area contributed by atoms with Crippen LogP contribution >= 0.6 is 0 Å². The second-order valence-corrected chi connectivity index (χ2v) is 7.68. The lowest BCUT2D eigenvalue weighted by atomic mass is 9.45. The zero-order chi connectivity index (χ0) is 13.6. The molecule has 2 heteroatoms. The number of fused-ring (bicyclic) bond motifs is 1. The van der Waals surface area contributed by atoms with E-state index < -0.39 is 0 Å². The van der Waals surface area contributed by atoms with E-state index in [1.165, 1.54) is 19.3 Å². The van der Waals surface area contributed by atoms with E-state index in [0.29, 0.717) is 28.6 Å². The average molecular weight is 254 g/mol. The molecule has 0 unspecified atom stereocenters. The minimum atomic E-state index is -0.183. The predicted molar refractivity (Wildman–Crippen MR) is 74.2 cm³/mol. The first-order chi connectivity index (χ1) is 8.33. The molecule has 0 heterocycles. The van der Waals surface area contributed by atoms with Crippen molar-refractivity contribution in [3.05, 3.63) is 0 Å². The summed E-state index contributed by atoms with van der Waals surface area (Å²) in [7, 11) is 0. The van der Waals surface area contributed by atoms with Crippen molar-refractivity contribution < 1.29 is 10.2 Å². The summed E-state index contributed by atoms with van der Waals surface area (Å²) < 4.78 is 0. The predicted octanol–water partition coefficient (Wildman–Crippen LogP) is 3.22. The van der Waals surface area contributed by atoms with E-state index in [1.54, 1.807) is 0 Å². The van der Waals surface area contributed by atoms with Crippen molar-refractivity contribution in [2.75, 3.05) is 6.61 Å². The monoisotopic (exact) mass is 254 g/mol. The highest BCUT2D eigenvalue weighted by Gasteiger charge is 2.55. The molecule has 0 saturated heterocycles. The highest BCUT2D eigenvalue weighted by Crippen LogP contribution is 2.61. The van der Waals surface area contributed by atoms with E-state index in [9.17, 15) is 10.2 Å². The van der Waals surface area contributed by atoms with Crippen molar-refractivity contribution in [1.82, 2.24) is 0 Å². The second-order valence-electron chi connectivity index (χ2n) is 7.68. The Balaban J connectivity index is 2.33. The van der Waals surface area contributed by atoms with Crippen molar-refractivity contribution in [3.63, 3.8) is 0 Å². The Hall–Kier alpha value is -0.0800. The fourth-order valence-corrected chi connectivity index (χ4v) is 5.25. The van der Waals surface area contributed by atoms with Crippen molar-refractivity contribution in [1.29, 1.82) is 0 Å². The van der Waals surface area contributed by atoms with Gasteiger partial charge in [0.2, 0.25) is 0 Å². The first-order valence-electron chi connectivity index (χ1n) is 7.62. The van der Waals surface area contributed by atoms with Gasteiger partial charge in [0.15, 0.2) is 0 Å². The molecular formula is C16H30O2. The van der Waals surface area contributed by atoms with Crippen molar-refractivity contribution in [2.24, 2.45) is 28.6 Å². The van der Waals surface area contributed by atoms with Crippen LogP contribution in [0.25, 0.3) is 0 Å². The number of aliphatic hydroxyl groups is 2. The maximum atomic E-state index is 10.4. The summed E-state index contributed by atoms with van der Waals surface area (Å²) in [5.41, 5.74) is 0.644. The van der Waals surface area contributed by atoms with Gasteiger partial charge in [0.25, 0.3) is 0 Å². The topological polar surface area (TPSA) is 40.5 Å². The highest BCUT2D eigenvalue weighted by molar-refractivity contribution is 5.04. The number of hydrogen-bond acceptors (Lipinski definition) is 2. The van der Waals surface area contributed by atoms with Crippen LogP contribution in [-0.2, 0) is 0 Å². The summed E-state index contributed by atoms with van der Waals surface area (Å²) in [6.07, 6.45) is 5.46. The summed E-state index contributed by atoms with van der Waals surface area (Å²) in [6, 6.07) is 0. The van der Waals surface area contributed by atoms with Crippen LogP contribution < -0.4 is 0 Å². The molecule has 0 aromatic heterocycles. The maximum absolute atomic E-state index is 10.4. The van der Waals surface area contributed by atoms with Gasteiger partial charge in [0.05, 0.1) is 6.10 Å². The van der Waals surface area contributed by atoms with Crippen LogP contribution in [0.4, 0.5) is 0 Å². The molecule has 2 aliphatic carbocycles. The van der Waals surface area contributed by atoms with Crippen LogP contribution in [0.3, 0.4) is 0 Å². The summed E-state index contributed by atoms with van der Waals surface area (Å²) in [5, 5.41) is 19.8. The lowest BCUT2D eigenvalue weighted by Gasteiger charge is -2.60. The average Bonchev–Trinajstić information content (AvgIpc) is 2.28. The third kappa shape index (κ3) is 2.12. The largest absolute Gasteiger partial charge is 0.396 e. The summed E-state index contributed by atoms with van der Waals surface area (Å²) in [6.45, 7) is 9.58. The van der Waals surface area contributed by atoms with Crippen molar-refractivity contribution in [3.8, 4) is 0 Å². The van der Waals surface area contributed by atoms with Gasteiger partial charge in [-0.2, -0.15) is 0 Å². The molecule has 0 aliphatic heterocycles. The quantitative estimate of drug-likeness (QED) is 0.794. The van der Waals surface area contributed by atoms with Crippen LogP contribution in [-0.4, -0.2) is 22.9 Å². The van der Waals surface area contributed by atoms with Gasteiger partial charge < -0.3 is 10.2 Å². The van der Waals surface area contributed by atoms with Gasteiger partial charge in [-0.3, -0.25) is 0 Å². The molecule has 0 aromatic rings. The summed E-state index contributed by atoms with van der Waals surface area (Å²) >= 11 is 0. The molecule has 0 radical (unpaired) electrons. The van der Waals surface area contributed by atoms with Gasteiger partial charge in [0.1, 0.15) is 0 Å². The van der Waals surface area contributed by atoms with Crippen LogP contribution in [0.2, 0.25) is 0 Å². The standard InChI is InChI=1S/C16H30O2/c1-11-12(6-9-17)16(4)8-5-7-15(2,3)14(16)10-13(11)18/h11-14,17-18H,5-10H2,1-4H3/t11-,12-,13+,14-,16+/m0/s1. The third-order valence-corrected chi connectivity index (χ3v) is 6.28. The van der Waals surface area contributed by atoms with Gasteiger partial charge >= 0.3 is 0 Å². The number of aliphatic hydroxyl groups excluding tert-OH is 2. The highest BCUT2D eigenvalue weighted by atomic mass is 16.3. The van der Waals surface area contributed by atoms with Crippen LogP contribution in [0.1, 0.15) is 59.8 Å². The SMILES string of the molecule is C[C@@H]1[C@H](O)C[C@H]2C(C)(C)CCC[C@]2(C)[C@H]1CCO. The molecule has 2 nitrogen and oxygen atoms in total. The molecule has 2 N–H and O–H groups in total. The van der Waals surface area contributed by atoms with Gasteiger partial charge in [0, 0.05) is 6.61 Å². The molecule has 2 rings (SSSR count). The molecule has 0 amide bonds. The molecule has 2 saturated carbocycles. The third-order valence-electron chi connectivity index (χ3n) is 6.28. The number of hydrogen-bond donors (Lipinski definition) is 2. The molecule has 106 valence electrons. The Morgan fingerprint density at radius 2 is 1.83 bits per heavy atom. The second kappa shape index (κ2) is 4.79. The van der Waals surface area contributed by atoms with E-state index in [2.05, 4.69) is 27.7 Å². The van der Waals surface area contributed by atoms with Gasteiger partial charge in [-0.25, -0.2) is 0 Å². The Kier molecular flexibility index (Phi) is 3.81. The lowest BCUT2D eigenvalue weighted by Crippen LogP contribution is -2.55. The maximum Gasteiger partial charge on any atom is 0.0571 e. The zero-order valence-electron chi connectivity index (χ0n) is 12.4. The molecule has 5 atom stereocenters. The lowest BCUT2D eigenvalue weighted by molar-refractivity contribution is -0.143. The number of rotatable bonds is 2. The van der Waals surface area contributed by atoms with Crippen LogP contribution in [0.5, 0.6) is 0 Å². The minimum Gasteiger partial charge on any atom is -0.396 e. The van der Waals surface area contributed by atoms with E-state index >= 15 is 0 Å². The molecule has 2 fully saturated rings. The minimum absolute atomic E-state index is 0.183. The molecule has 0 spiro atoms. The Labute approximate surface area is 112 Å². The van der Waals surface area contributed by atoms with E-state index in [1.807, 2.05) is 0 Å². The molecule has 0 bridgehead atoms. The fraction of sp³-hybridized carbons (Fsp3) is 1.00. The van der Waals surface area contributed by atoms with Gasteiger partial charge in [-0.15, -0.1) is 0 Å². The smallest absolute Gasteiger partial charge is 0.0571 e. The van der Waals surface area contributed by atoms with E-state index in [0.717, 1.165) is 12.8 Å². The molecule has 0 aromatic carbocycles. The summed E-state index contributed by atoms with van der Waals surface area (Å²) in [5.74, 6) is 1.39. The molecular weight excluding hydrogens is 224 g/mol. The Bertz CT molecular complexity index is 299. The van der Waals surface area contributed by atoms with Crippen LogP contribution in [0, 0.1) is 28.6 Å². The Morgan fingerprint density at radius 3 is 2.44 bits per heavy atom. The molecule has 18 heavy (non-hydrogen) atoms. The first kappa shape index (κ1) is 14.3. The van der Waals surface area contributed by atoms with E-state index in [4.69, 9.17) is 0 Å². The first-order valence-corrected chi connectivity index (χ1v) is 7.62.